The number of rotatable bonds is 1. The van der Waals surface area contributed by atoms with Crippen molar-refractivity contribution in [2.45, 2.75) is 0 Å². The summed E-state index contributed by atoms with van der Waals surface area (Å²) in [5.41, 5.74) is 6.55. The van der Waals surface area contributed by atoms with E-state index in [2.05, 4.69) is 77.4 Å². The van der Waals surface area contributed by atoms with E-state index in [1.807, 2.05) is 30.5 Å². The summed E-state index contributed by atoms with van der Waals surface area (Å²) in [6.45, 7) is -0.204. The Morgan fingerprint density at radius 1 is 0.647 bits per heavy atom. The molecule has 34 heavy (non-hydrogen) atoms. The fourth-order valence-corrected chi connectivity index (χ4v) is 5.48. The van der Waals surface area contributed by atoms with Crippen molar-refractivity contribution in [3.63, 3.8) is 0 Å². The molecule has 0 bridgehead atoms. The minimum absolute atomic E-state index is 0.204. The highest BCUT2D eigenvalue weighted by molar-refractivity contribution is 6.84. The van der Waals surface area contributed by atoms with Crippen molar-refractivity contribution >= 4 is 39.6 Å². The molecule has 0 spiro atoms. The Balaban J connectivity index is 1.38. The number of ether oxygens (including phenoxy) is 1. The SMILES string of the molecule is c1ccc2c(c1)Oc1cccc3c1B2Oc1cnc(-n2c4ccccc4c4ccccc42)cc1-3. The van der Waals surface area contributed by atoms with Crippen LogP contribution in [0.25, 0.3) is 38.8 Å². The summed E-state index contributed by atoms with van der Waals surface area (Å²) in [6, 6.07) is 33.4. The van der Waals surface area contributed by atoms with Crippen molar-refractivity contribution in [1.82, 2.24) is 9.55 Å². The van der Waals surface area contributed by atoms with E-state index in [-0.39, 0.29) is 6.92 Å². The van der Waals surface area contributed by atoms with E-state index in [0.717, 1.165) is 56.2 Å². The van der Waals surface area contributed by atoms with Gasteiger partial charge in [-0.05, 0) is 35.9 Å². The average molecular weight is 436 g/mol. The predicted molar refractivity (Wildman–Crippen MR) is 136 cm³/mol. The predicted octanol–water partition coefficient (Wildman–Crippen LogP) is 5.45. The van der Waals surface area contributed by atoms with Crippen LogP contribution in [-0.4, -0.2) is 16.5 Å². The highest BCUT2D eigenvalue weighted by atomic mass is 16.5. The van der Waals surface area contributed by atoms with Crippen molar-refractivity contribution in [3.05, 3.63) is 103 Å². The zero-order valence-electron chi connectivity index (χ0n) is 18.1. The molecule has 0 radical (unpaired) electrons. The molecule has 4 aromatic carbocycles. The van der Waals surface area contributed by atoms with Gasteiger partial charge in [0.1, 0.15) is 23.1 Å². The summed E-state index contributed by atoms with van der Waals surface area (Å²) in [6.07, 6.45) is 1.86. The maximum Gasteiger partial charge on any atom is 0.434 e. The molecule has 4 heterocycles. The van der Waals surface area contributed by atoms with Gasteiger partial charge in [-0.25, -0.2) is 4.98 Å². The van der Waals surface area contributed by atoms with Crippen LogP contribution in [-0.2, 0) is 0 Å². The topological polar surface area (TPSA) is 36.3 Å². The molecule has 8 rings (SSSR count). The Kier molecular flexibility index (Phi) is 3.45. The lowest BCUT2D eigenvalue weighted by Crippen LogP contribution is -2.53. The van der Waals surface area contributed by atoms with Gasteiger partial charge in [-0.2, -0.15) is 0 Å². The van der Waals surface area contributed by atoms with E-state index in [0.29, 0.717) is 0 Å². The molecule has 5 heteroatoms. The number of hydrogen-bond donors (Lipinski definition) is 0. The summed E-state index contributed by atoms with van der Waals surface area (Å²) in [7, 11) is 0. The molecule has 0 saturated heterocycles. The highest BCUT2D eigenvalue weighted by Crippen LogP contribution is 2.40. The number of para-hydroxylation sites is 3. The zero-order valence-corrected chi connectivity index (χ0v) is 18.1. The summed E-state index contributed by atoms with van der Waals surface area (Å²) in [5, 5.41) is 2.44. The van der Waals surface area contributed by atoms with Gasteiger partial charge in [-0.3, -0.25) is 4.57 Å². The minimum Gasteiger partial charge on any atom is -0.550 e. The largest absolute Gasteiger partial charge is 0.550 e. The summed E-state index contributed by atoms with van der Waals surface area (Å²) in [4.78, 5) is 4.88. The smallest absolute Gasteiger partial charge is 0.434 e. The first-order valence-corrected chi connectivity index (χ1v) is 11.4. The Labute approximate surface area is 196 Å². The van der Waals surface area contributed by atoms with E-state index in [1.165, 1.54) is 10.8 Å². The summed E-state index contributed by atoms with van der Waals surface area (Å²) >= 11 is 0. The molecule has 158 valence electrons. The van der Waals surface area contributed by atoms with Crippen LogP contribution < -0.4 is 20.3 Å². The van der Waals surface area contributed by atoms with Gasteiger partial charge in [0.15, 0.2) is 0 Å². The number of pyridine rings is 1. The van der Waals surface area contributed by atoms with Crippen molar-refractivity contribution in [2.75, 3.05) is 0 Å². The third-order valence-corrected chi connectivity index (χ3v) is 6.95. The van der Waals surface area contributed by atoms with Crippen molar-refractivity contribution in [1.29, 1.82) is 0 Å². The monoisotopic (exact) mass is 436 g/mol. The van der Waals surface area contributed by atoms with Crippen LogP contribution in [0.1, 0.15) is 0 Å². The highest BCUT2D eigenvalue weighted by Gasteiger charge is 2.40. The molecule has 0 N–H and O–H groups in total. The number of hydrogen-bond acceptors (Lipinski definition) is 3. The second-order valence-corrected chi connectivity index (χ2v) is 8.76. The number of fused-ring (bicyclic) bond motifs is 7. The Morgan fingerprint density at radius 3 is 2.18 bits per heavy atom. The quantitative estimate of drug-likeness (QED) is 0.322. The van der Waals surface area contributed by atoms with Crippen LogP contribution >= 0.6 is 0 Å². The molecule has 2 aromatic heterocycles. The summed E-state index contributed by atoms with van der Waals surface area (Å²) in [5.74, 6) is 3.35. The standard InChI is InChI=1S/C29H17BN2O2/c1-4-12-23-18(8-1)19-9-2-5-13-24(19)32(23)28-16-21-20-10-7-15-26-29(20)30(34-27(21)17-31-28)22-11-3-6-14-25(22)33-26/h1-17H. The maximum absolute atomic E-state index is 6.56. The van der Waals surface area contributed by atoms with Crippen LogP contribution in [0.2, 0.25) is 0 Å². The average Bonchev–Trinajstić information content (AvgIpc) is 3.23. The molecule has 6 aromatic rings. The van der Waals surface area contributed by atoms with E-state index in [9.17, 15) is 0 Å². The van der Waals surface area contributed by atoms with Gasteiger partial charge >= 0.3 is 6.92 Å². The van der Waals surface area contributed by atoms with Gasteiger partial charge in [0.25, 0.3) is 0 Å². The maximum atomic E-state index is 6.56. The first kappa shape index (κ1) is 18.0. The van der Waals surface area contributed by atoms with Gasteiger partial charge in [0, 0.05) is 27.3 Å². The lowest BCUT2D eigenvalue weighted by atomic mass is 9.51. The third kappa shape index (κ3) is 2.31. The first-order valence-electron chi connectivity index (χ1n) is 11.4. The second-order valence-electron chi connectivity index (χ2n) is 8.76. The van der Waals surface area contributed by atoms with Gasteiger partial charge < -0.3 is 9.39 Å². The Bertz CT molecular complexity index is 1740. The van der Waals surface area contributed by atoms with E-state index in [1.54, 1.807) is 0 Å². The van der Waals surface area contributed by atoms with Crippen LogP contribution in [0.4, 0.5) is 0 Å². The van der Waals surface area contributed by atoms with E-state index < -0.39 is 0 Å². The van der Waals surface area contributed by atoms with Crippen LogP contribution in [0, 0.1) is 0 Å². The molecule has 2 aliphatic rings. The molecular weight excluding hydrogens is 419 g/mol. The molecule has 2 aliphatic heterocycles. The van der Waals surface area contributed by atoms with Gasteiger partial charge in [-0.15, -0.1) is 0 Å². The number of nitrogens with zero attached hydrogens (tertiary/aromatic N) is 2. The van der Waals surface area contributed by atoms with Crippen molar-refractivity contribution in [2.24, 2.45) is 0 Å². The number of benzene rings is 4. The zero-order chi connectivity index (χ0) is 22.2. The fourth-order valence-electron chi connectivity index (χ4n) is 5.48. The molecular formula is C29H17BN2O2. The van der Waals surface area contributed by atoms with E-state index in [4.69, 9.17) is 14.4 Å². The lowest BCUT2D eigenvalue weighted by Gasteiger charge is -2.32. The van der Waals surface area contributed by atoms with Crippen molar-refractivity contribution < 1.29 is 9.39 Å². The van der Waals surface area contributed by atoms with Crippen LogP contribution in [0.15, 0.2) is 103 Å². The molecule has 0 aliphatic carbocycles. The lowest BCUT2D eigenvalue weighted by molar-refractivity contribution is 0.479. The van der Waals surface area contributed by atoms with Crippen LogP contribution in [0.3, 0.4) is 0 Å². The van der Waals surface area contributed by atoms with Crippen LogP contribution in [0.5, 0.6) is 17.2 Å². The second kappa shape index (κ2) is 6.52. The number of aromatic nitrogens is 2. The fraction of sp³-hybridized carbons (Fsp3) is 0. The Morgan fingerprint density at radius 2 is 1.35 bits per heavy atom. The van der Waals surface area contributed by atoms with E-state index >= 15 is 0 Å². The van der Waals surface area contributed by atoms with Gasteiger partial charge in [0.05, 0.1) is 17.2 Å². The molecule has 0 amide bonds. The minimum atomic E-state index is -0.204. The van der Waals surface area contributed by atoms with Gasteiger partial charge in [0.2, 0.25) is 0 Å². The Hall–Kier alpha value is -4.51. The third-order valence-electron chi connectivity index (χ3n) is 6.95. The molecule has 4 nitrogen and oxygen atoms in total. The molecule has 0 saturated carbocycles. The van der Waals surface area contributed by atoms with Crippen molar-refractivity contribution in [3.8, 4) is 34.2 Å². The molecule has 0 unspecified atom stereocenters. The summed E-state index contributed by atoms with van der Waals surface area (Å²) < 4.78 is 15.1. The molecule has 0 atom stereocenters. The first-order chi connectivity index (χ1) is 16.9. The molecule has 0 fully saturated rings. The normalized spacial score (nSPS) is 13.1. The van der Waals surface area contributed by atoms with Gasteiger partial charge in [-0.1, -0.05) is 66.7 Å².